The molecule has 3 rings (SSSR count). The molecule has 5 nitrogen and oxygen atoms in total. The molecule has 1 N–H and O–H groups in total. The second-order valence-corrected chi connectivity index (χ2v) is 9.03. The Labute approximate surface area is 169 Å². The van der Waals surface area contributed by atoms with E-state index in [0.717, 1.165) is 24.8 Å². The molecule has 0 bridgehead atoms. The molecule has 2 aromatic carbocycles. The van der Waals surface area contributed by atoms with Crippen LogP contribution in [-0.2, 0) is 10.0 Å². The minimum atomic E-state index is -3.95. The summed E-state index contributed by atoms with van der Waals surface area (Å²) in [5.74, 6) is -0.139. The van der Waals surface area contributed by atoms with Crippen LogP contribution in [0.3, 0.4) is 0 Å². The highest BCUT2D eigenvalue weighted by Crippen LogP contribution is 2.32. The highest BCUT2D eigenvalue weighted by Gasteiger charge is 2.23. The Morgan fingerprint density at radius 2 is 1.67 bits per heavy atom. The summed E-state index contributed by atoms with van der Waals surface area (Å²) in [6, 6.07) is 9.25. The van der Waals surface area contributed by atoms with Gasteiger partial charge in [0.05, 0.1) is 20.6 Å². The van der Waals surface area contributed by atoms with Crippen LogP contribution in [0.1, 0.15) is 35.2 Å². The fourth-order valence-electron chi connectivity index (χ4n) is 3.05. The Balaban J connectivity index is 1.93. The number of hydrogen-bond acceptors (Lipinski definition) is 3. The summed E-state index contributed by atoms with van der Waals surface area (Å²) in [5, 5.41) is 0.394. The van der Waals surface area contributed by atoms with E-state index in [1.54, 1.807) is 36.1 Å². The molecule has 1 fully saturated rings. The van der Waals surface area contributed by atoms with Crippen molar-refractivity contribution in [2.45, 2.75) is 31.1 Å². The van der Waals surface area contributed by atoms with Crippen molar-refractivity contribution in [3.05, 3.63) is 57.6 Å². The highest BCUT2D eigenvalue weighted by molar-refractivity contribution is 7.92. The third-order valence-corrected chi connectivity index (χ3v) is 6.57. The van der Waals surface area contributed by atoms with Gasteiger partial charge in [-0.05, 0) is 56.0 Å². The third-order valence-electron chi connectivity index (χ3n) is 4.59. The van der Waals surface area contributed by atoms with Crippen molar-refractivity contribution in [3.8, 4) is 0 Å². The molecular formula is C19H20Cl2N2O3S. The van der Waals surface area contributed by atoms with E-state index < -0.39 is 10.0 Å². The third kappa shape index (κ3) is 4.39. The minimum Gasteiger partial charge on any atom is -0.339 e. The van der Waals surface area contributed by atoms with Crippen LogP contribution in [0.4, 0.5) is 5.69 Å². The number of nitrogens with zero attached hydrogens (tertiary/aromatic N) is 1. The number of anilines is 1. The van der Waals surface area contributed by atoms with Gasteiger partial charge in [-0.15, -0.1) is 0 Å². The van der Waals surface area contributed by atoms with E-state index in [4.69, 9.17) is 23.2 Å². The maximum atomic E-state index is 12.8. The molecule has 0 spiro atoms. The van der Waals surface area contributed by atoms with Crippen molar-refractivity contribution in [1.82, 2.24) is 4.90 Å². The minimum absolute atomic E-state index is 0.00977. The molecule has 0 aromatic heterocycles. The van der Waals surface area contributed by atoms with Crippen molar-refractivity contribution < 1.29 is 13.2 Å². The lowest BCUT2D eigenvalue weighted by Gasteiger charge is -2.27. The zero-order valence-electron chi connectivity index (χ0n) is 14.8. The number of rotatable bonds is 4. The monoisotopic (exact) mass is 426 g/mol. The molecule has 0 saturated carbocycles. The number of para-hydroxylation sites is 1. The lowest BCUT2D eigenvalue weighted by molar-refractivity contribution is 0.0723. The largest absolute Gasteiger partial charge is 0.339 e. The van der Waals surface area contributed by atoms with Crippen LogP contribution < -0.4 is 4.72 Å². The molecule has 1 saturated heterocycles. The second-order valence-electron chi connectivity index (χ2n) is 6.53. The molecule has 0 unspecified atom stereocenters. The van der Waals surface area contributed by atoms with Gasteiger partial charge in [0.15, 0.2) is 0 Å². The molecule has 1 amide bonds. The summed E-state index contributed by atoms with van der Waals surface area (Å²) >= 11 is 12.1. The van der Waals surface area contributed by atoms with Crippen molar-refractivity contribution >= 4 is 44.8 Å². The summed E-state index contributed by atoms with van der Waals surface area (Å²) in [4.78, 5) is 14.6. The molecule has 1 aliphatic heterocycles. The van der Waals surface area contributed by atoms with Crippen LogP contribution in [0.25, 0.3) is 0 Å². The molecule has 2 aromatic rings. The van der Waals surface area contributed by atoms with Crippen LogP contribution in [-0.4, -0.2) is 32.3 Å². The smallest absolute Gasteiger partial charge is 0.262 e. The number of hydrogen-bond donors (Lipinski definition) is 1. The predicted molar refractivity (Wildman–Crippen MR) is 108 cm³/mol. The van der Waals surface area contributed by atoms with Gasteiger partial charge in [0.25, 0.3) is 15.9 Å². The van der Waals surface area contributed by atoms with Crippen LogP contribution >= 0.6 is 23.2 Å². The van der Waals surface area contributed by atoms with Gasteiger partial charge >= 0.3 is 0 Å². The number of amides is 1. The van der Waals surface area contributed by atoms with Crippen molar-refractivity contribution in [2.75, 3.05) is 17.8 Å². The van der Waals surface area contributed by atoms with E-state index in [9.17, 15) is 13.2 Å². The van der Waals surface area contributed by atoms with Crippen LogP contribution in [0, 0.1) is 6.92 Å². The molecule has 1 heterocycles. The average Bonchev–Trinajstić information content (AvgIpc) is 2.65. The number of carbonyl (C=O) groups excluding carboxylic acids is 1. The van der Waals surface area contributed by atoms with Crippen LogP contribution in [0.15, 0.2) is 41.3 Å². The Morgan fingerprint density at radius 3 is 2.30 bits per heavy atom. The van der Waals surface area contributed by atoms with Gasteiger partial charge in [-0.2, -0.15) is 0 Å². The molecule has 0 radical (unpaired) electrons. The molecular weight excluding hydrogens is 407 g/mol. The van der Waals surface area contributed by atoms with Gasteiger partial charge < -0.3 is 4.90 Å². The Kier molecular flexibility index (Phi) is 5.99. The van der Waals surface area contributed by atoms with E-state index in [0.29, 0.717) is 18.7 Å². The van der Waals surface area contributed by atoms with E-state index in [2.05, 4.69) is 4.72 Å². The van der Waals surface area contributed by atoms with Gasteiger partial charge in [0.1, 0.15) is 0 Å². The number of piperidine rings is 1. The number of carbonyl (C=O) groups is 1. The van der Waals surface area contributed by atoms with Gasteiger partial charge in [-0.1, -0.05) is 35.3 Å². The number of benzene rings is 2. The van der Waals surface area contributed by atoms with Gasteiger partial charge in [0.2, 0.25) is 0 Å². The van der Waals surface area contributed by atoms with Gasteiger partial charge in [0, 0.05) is 18.7 Å². The number of likely N-dealkylation sites (tertiary alicyclic amines) is 1. The number of halogens is 2. The summed E-state index contributed by atoms with van der Waals surface area (Å²) in [6.45, 7) is 3.19. The second kappa shape index (κ2) is 8.09. The van der Waals surface area contributed by atoms with Crippen molar-refractivity contribution in [3.63, 3.8) is 0 Å². The molecule has 27 heavy (non-hydrogen) atoms. The fraction of sp³-hybridized carbons (Fsp3) is 0.316. The Hall–Kier alpha value is -1.76. The maximum Gasteiger partial charge on any atom is 0.262 e. The summed E-state index contributed by atoms with van der Waals surface area (Å²) in [5.41, 5.74) is 1.25. The standard InChI is InChI=1S/C19H20Cl2N2O3S/c1-13-8-9-14(12-15(13)19(24)23-10-3-2-4-11-23)27(25,26)22-18-16(20)6-5-7-17(18)21/h5-9,12,22H,2-4,10-11H2,1H3. The first-order valence-corrected chi connectivity index (χ1v) is 10.9. The number of aryl methyl sites for hydroxylation is 1. The van der Waals surface area contributed by atoms with E-state index >= 15 is 0 Å². The van der Waals surface area contributed by atoms with E-state index in [1.165, 1.54) is 12.1 Å². The fourth-order valence-corrected chi connectivity index (χ4v) is 4.79. The summed E-state index contributed by atoms with van der Waals surface area (Å²) < 4.78 is 28.0. The van der Waals surface area contributed by atoms with Crippen molar-refractivity contribution in [2.24, 2.45) is 0 Å². The first-order chi connectivity index (χ1) is 12.8. The van der Waals surface area contributed by atoms with E-state index in [-0.39, 0.29) is 26.5 Å². The molecule has 8 heteroatoms. The lowest BCUT2D eigenvalue weighted by Crippen LogP contribution is -2.36. The number of sulfonamides is 1. The number of nitrogens with one attached hydrogen (secondary N) is 1. The van der Waals surface area contributed by atoms with Crippen molar-refractivity contribution in [1.29, 1.82) is 0 Å². The molecule has 0 atom stereocenters. The van der Waals surface area contributed by atoms with E-state index in [1.807, 2.05) is 0 Å². The topological polar surface area (TPSA) is 66.5 Å². The summed E-state index contributed by atoms with van der Waals surface area (Å²) in [7, 11) is -3.95. The van der Waals surface area contributed by atoms with Crippen LogP contribution in [0.2, 0.25) is 10.0 Å². The first kappa shape index (κ1) is 20.0. The predicted octanol–water partition coefficient (Wildman–Crippen LogP) is 4.73. The SMILES string of the molecule is Cc1ccc(S(=O)(=O)Nc2c(Cl)cccc2Cl)cc1C(=O)N1CCCCC1. The van der Waals surface area contributed by atoms with Gasteiger partial charge in [-0.3, -0.25) is 9.52 Å². The quantitative estimate of drug-likeness (QED) is 0.767. The first-order valence-electron chi connectivity index (χ1n) is 8.66. The van der Waals surface area contributed by atoms with Crippen LogP contribution in [0.5, 0.6) is 0 Å². The average molecular weight is 427 g/mol. The lowest BCUT2D eigenvalue weighted by atomic mass is 10.1. The normalized spacial score (nSPS) is 14.9. The zero-order valence-corrected chi connectivity index (χ0v) is 17.2. The highest BCUT2D eigenvalue weighted by atomic mass is 35.5. The molecule has 1 aliphatic rings. The zero-order chi connectivity index (χ0) is 19.6. The van der Waals surface area contributed by atoms with Gasteiger partial charge in [-0.25, -0.2) is 8.42 Å². The Bertz CT molecular complexity index is 951. The Morgan fingerprint density at radius 1 is 1.04 bits per heavy atom. The maximum absolute atomic E-state index is 12.8. The molecule has 0 aliphatic carbocycles. The molecule has 144 valence electrons. The summed E-state index contributed by atoms with van der Waals surface area (Å²) in [6.07, 6.45) is 3.05.